The highest BCUT2D eigenvalue weighted by molar-refractivity contribution is 5.35. The fraction of sp³-hybridized carbons (Fsp3) is 0.545. The summed E-state index contributed by atoms with van der Waals surface area (Å²) in [6.45, 7) is 5.03. The summed E-state index contributed by atoms with van der Waals surface area (Å²) in [7, 11) is 0. The molecule has 17 heavy (non-hydrogen) atoms. The molecule has 0 aromatic carbocycles. The second kappa shape index (κ2) is 4.67. The lowest BCUT2D eigenvalue weighted by molar-refractivity contribution is -0.385. The second-order valence-electron chi connectivity index (χ2n) is 4.69. The van der Waals surface area contributed by atoms with Crippen LogP contribution in [-0.4, -0.2) is 20.2 Å². The van der Waals surface area contributed by atoms with E-state index in [-0.39, 0.29) is 17.8 Å². The molecule has 0 atom stereocenters. The summed E-state index contributed by atoms with van der Waals surface area (Å²) >= 11 is 0. The number of hydrogen-bond acceptors (Lipinski definition) is 4. The molecule has 1 aromatic heterocycles. The van der Waals surface area contributed by atoms with Crippen LogP contribution in [0.25, 0.3) is 0 Å². The SMILES string of the molecule is Cc1cc(=O)n(CCC(C)(C)O)cc1[N+](=O)[O-]. The van der Waals surface area contributed by atoms with Crippen molar-refractivity contribution in [3.05, 3.63) is 38.3 Å². The first kappa shape index (κ1) is 13.4. The predicted molar refractivity (Wildman–Crippen MR) is 63.0 cm³/mol. The predicted octanol–water partition coefficient (Wildman–Crippen LogP) is 1.23. The Morgan fingerprint density at radius 1 is 1.53 bits per heavy atom. The molecular weight excluding hydrogens is 224 g/mol. The van der Waals surface area contributed by atoms with Gasteiger partial charge in [0.1, 0.15) is 0 Å². The van der Waals surface area contributed by atoms with Crippen LogP contribution in [0.4, 0.5) is 5.69 Å². The number of aryl methyl sites for hydroxylation is 2. The molecule has 0 aliphatic heterocycles. The molecule has 0 radical (unpaired) electrons. The number of hydrogen-bond donors (Lipinski definition) is 1. The zero-order chi connectivity index (χ0) is 13.2. The van der Waals surface area contributed by atoms with Crippen molar-refractivity contribution in [2.24, 2.45) is 0 Å². The Balaban J connectivity index is 3.05. The normalized spacial score (nSPS) is 11.5. The molecule has 6 heteroatoms. The largest absolute Gasteiger partial charge is 0.390 e. The molecule has 0 spiro atoms. The highest BCUT2D eigenvalue weighted by Crippen LogP contribution is 2.15. The number of nitrogens with zero attached hydrogens (tertiary/aromatic N) is 2. The van der Waals surface area contributed by atoms with Gasteiger partial charge in [0.15, 0.2) is 0 Å². The van der Waals surface area contributed by atoms with Crippen molar-refractivity contribution < 1.29 is 10.0 Å². The molecule has 0 amide bonds. The fourth-order valence-corrected chi connectivity index (χ4v) is 1.42. The monoisotopic (exact) mass is 240 g/mol. The quantitative estimate of drug-likeness (QED) is 0.633. The molecule has 6 nitrogen and oxygen atoms in total. The molecule has 0 bridgehead atoms. The first-order valence-corrected chi connectivity index (χ1v) is 5.28. The van der Waals surface area contributed by atoms with Gasteiger partial charge in [0, 0.05) is 18.2 Å². The van der Waals surface area contributed by atoms with E-state index >= 15 is 0 Å². The first-order valence-electron chi connectivity index (χ1n) is 5.28. The van der Waals surface area contributed by atoms with Crippen molar-refractivity contribution in [2.75, 3.05) is 0 Å². The lowest BCUT2D eigenvalue weighted by Crippen LogP contribution is -2.26. The minimum Gasteiger partial charge on any atom is -0.390 e. The maximum absolute atomic E-state index is 11.6. The van der Waals surface area contributed by atoms with Crippen molar-refractivity contribution in [1.82, 2.24) is 4.57 Å². The van der Waals surface area contributed by atoms with Gasteiger partial charge < -0.3 is 9.67 Å². The Morgan fingerprint density at radius 3 is 2.59 bits per heavy atom. The molecule has 1 heterocycles. The number of aromatic nitrogens is 1. The minimum absolute atomic E-state index is 0.0830. The Morgan fingerprint density at radius 2 is 2.12 bits per heavy atom. The zero-order valence-electron chi connectivity index (χ0n) is 10.1. The van der Waals surface area contributed by atoms with E-state index in [1.54, 1.807) is 13.8 Å². The lowest BCUT2D eigenvalue weighted by atomic mass is 10.1. The van der Waals surface area contributed by atoms with Gasteiger partial charge in [-0.05, 0) is 27.2 Å². The van der Waals surface area contributed by atoms with E-state index in [4.69, 9.17) is 0 Å². The smallest absolute Gasteiger partial charge is 0.288 e. The lowest BCUT2D eigenvalue weighted by Gasteiger charge is -2.17. The van der Waals surface area contributed by atoms with E-state index in [1.807, 2.05) is 0 Å². The van der Waals surface area contributed by atoms with Crippen LogP contribution in [0.3, 0.4) is 0 Å². The fourth-order valence-electron chi connectivity index (χ4n) is 1.42. The summed E-state index contributed by atoms with van der Waals surface area (Å²) in [6, 6.07) is 1.24. The van der Waals surface area contributed by atoms with Crippen molar-refractivity contribution in [3.8, 4) is 0 Å². The average Bonchev–Trinajstić information content (AvgIpc) is 2.14. The molecule has 94 valence electrons. The van der Waals surface area contributed by atoms with Crippen LogP contribution >= 0.6 is 0 Å². The van der Waals surface area contributed by atoms with E-state index in [1.165, 1.54) is 23.8 Å². The molecule has 0 saturated heterocycles. The Bertz CT molecular complexity index is 485. The maximum Gasteiger partial charge on any atom is 0.288 e. The van der Waals surface area contributed by atoms with Gasteiger partial charge in [-0.3, -0.25) is 14.9 Å². The standard InChI is InChI=1S/C11H16N2O4/c1-8-6-10(14)12(5-4-11(2,3)15)7-9(8)13(16)17/h6-7,15H,4-5H2,1-3H3. The number of rotatable bonds is 4. The van der Waals surface area contributed by atoms with Crippen LogP contribution in [0, 0.1) is 17.0 Å². The van der Waals surface area contributed by atoms with Crippen LogP contribution < -0.4 is 5.56 Å². The molecule has 0 aliphatic carbocycles. The van der Waals surface area contributed by atoms with Crippen LogP contribution in [0.2, 0.25) is 0 Å². The third-order valence-electron chi connectivity index (χ3n) is 2.47. The van der Waals surface area contributed by atoms with E-state index < -0.39 is 10.5 Å². The Labute approximate surface area is 98.7 Å². The van der Waals surface area contributed by atoms with Crippen LogP contribution in [0.15, 0.2) is 17.1 Å². The second-order valence-corrected chi connectivity index (χ2v) is 4.69. The highest BCUT2D eigenvalue weighted by Gasteiger charge is 2.16. The van der Waals surface area contributed by atoms with Gasteiger partial charge in [0.05, 0.1) is 16.7 Å². The van der Waals surface area contributed by atoms with Crippen molar-refractivity contribution in [2.45, 2.75) is 39.3 Å². The summed E-state index contributed by atoms with van der Waals surface area (Å²) in [5.74, 6) is 0. The molecule has 0 aliphatic rings. The molecule has 0 unspecified atom stereocenters. The minimum atomic E-state index is -0.904. The molecule has 1 N–H and O–H groups in total. The Kier molecular flexibility index (Phi) is 3.67. The van der Waals surface area contributed by atoms with Crippen molar-refractivity contribution in [3.63, 3.8) is 0 Å². The zero-order valence-corrected chi connectivity index (χ0v) is 10.1. The summed E-state index contributed by atoms with van der Waals surface area (Å²) in [5, 5.41) is 20.3. The first-order chi connectivity index (χ1) is 7.70. The highest BCUT2D eigenvalue weighted by atomic mass is 16.6. The van der Waals surface area contributed by atoms with Gasteiger partial charge in [0.25, 0.3) is 11.2 Å². The van der Waals surface area contributed by atoms with Crippen molar-refractivity contribution in [1.29, 1.82) is 0 Å². The summed E-state index contributed by atoms with van der Waals surface area (Å²) in [6.07, 6.45) is 1.58. The van der Waals surface area contributed by atoms with Gasteiger partial charge >= 0.3 is 0 Å². The summed E-state index contributed by atoms with van der Waals surface area (Å²) < 4.78 is 1.25. The number of nitro groups is 1. The molecule has 0 saturated carbocycles. The van der Waals surface area contributed by atoms with Crippen LogP contribution in [-0.2, 0) is 6.54 Å². The van der Waals surface area contributed by atoms with Crippen LogP contribution in [0.1, 0.15) is 25.8 Å². The van der Waals surface area contributed by atoms with Gasteiger partial charge in [-0.15, -0.1) is 0 Å². The summed E-state index contributed by atoms with van der Waals surface area (Å²) in [4.78, 5) is 21.8. The third kappa shape index (κ3) is 3.67. The van der Waals surface area contributed by atoms with Gasteiger partial charge in [-0.25, -0.2) is 0 Å². The van der Waals surface area contributed by atoms with Gasteiger partial charge in [0.2, 0.25) is 0 Å². The maximum atomic E-state index is 11.6. The Hall–Kier alpha value is -1.69. The van der Waals surface area contributed by atoms with Crippen LogP contribution in [0.5, 0.6) is 0 Å². The third-order valence-corrected chi connectivity index (χ3v) is 2.47. The molecular formula is C11H16N2O4. The van der Waals surface area contributed by atoms with Gasteiger partial charge in [-0.2, -0.15) is 0 Å². The number of pyridine rings is 1. The van der Waals surface area contributed by atoms with E-state index in [9.17, 15) is 20.0 Å². The van der Waals surface area contributed by atoms with Gasteiger partial charge in [-0.1, -0.05) is 0 Å². The number of aliphatic hydroxyl groups is 1. The summed E-state index contributed by atoms with van der Waals surface area (Å²) in [5.41, 5.74) is -0.934. The molecule has 0 fully saturated rings. The van der Waals surface area contributed by atoms with E-state index in [0.717, 1.165) is 0 Å². The molecule has 1 aromatic rings. The average molecular weight is 240 g/mol. The van der Waals surface area contributed by atoms with E-state index in [0.29, 0.717) is 12.0 Å². The van der Waals surface area contributed by atoms with Crippen molar-refractivity contribution >= 4 is 5.69 Å². The topological polar surface area (TPSA) is 85.4 Å². The van der Waals surface area contributed by atoms with E-state index in [2.05, 4.69) is 0 Å². The molecule has 1 rings (SSSR count).